The lowest BCUT2D eigenvalue weighted by Gasteiger charge is -2.46. The number of phosphoric acid groups is 1. The number of ether oxygens (including phenoxy) is 4. The van der Waals surface area contributed by atoms with E-state index >= 15 is 0 Å². The fourth-order valence-electron chi connectivity index (χ4n) is 4.99. The number of nitrogens with two attached hydrogens (primary N) is 1. The first-order chi connectivity index (χ1) is 23.6. The molecule has 3 heterocycles. The Morgan fingerprint density at radius 3 is 2.58 bits per heavy atom. The topological polar surface area (TPSA) is 350 Å². The van der Waals surface area contributed by atoms with Crippen molar-refractivity contribution in [2.75, 3.05) is 52.4 Å². The number of aromatic nitrogens is 2. The van der Waals surface area contributed by atoms with Crippen LogP contribution in [0.15, 0.2) is 17.1 Å². The molecule has 24 heteroatoms. The van der Waals surface area contributed by atoms with Crippen molar-refractivity contribution in [3.8, 4) is 0 Å². The minimum atomic E-state index is -5.44. The zero-order valence-corrected chi connectivity index (χ0v) is 27.5. The number of anilines is 1. The number of rotatable bonds is 19. The summed E-state index contributed by atoms with van der Waals surface area (Å²) < 4.78 is 44.5. The summed E-state index contributed by atoms with van der Waals surface area (Å²) in [7, 11) is -3.96. The van der Waals surface area contributed by atoms with Crippen LogP contribution in [-0.4, -0.2) is 164 Å². The van der Waals surface area contributed by atoms with Crippen LogP contribution in [0.4, 0.5) is 5.82 Å². The fraction of sp³-hybridized carbons (Fsp3) is 0.731. The Bertz CT molecular complexity index is 1410. The highest BCUT2D eigenvalue weighted by molar-refractivity contribution is 7.47. The number of hydrogen-bond acceptors (Lipinski definition) is 19. The van der Waals surface area contributed by atoms with Crippen LogP contribution in [0.2, 0.25) is 0 Å². The Morgan fingerprint density at radius 1 is 1.22 bits per heavy atom. The van der Waals surface area contributed by atoms with E-state index < -0.39 is 112 Å². The lowest BCUT2D eigenvalue weighted by molar-refractivity contribution is -0.274. The molecule has 50 heavy (non-hydrogen) atoms. The maximum atomic E-state index is 13.0. The standard InChI is InChI=1S/C26H42N5O18P/c1-44-6-7-45-5-3-28-17(36)8-18(37)30-19-13(34)9-26(12-33,48-23(19)20(38)14(35)10-32)49-50(42,43)46-11-15-21(39)22(40)24(47-15)31-4-2-16(27)29-25(31)41/h2,4,12-15,19-24,32,34-35,38-40H,3,5-11H2,1H3,(H,28,36)(H,30,37)(H,42,43)(H2,27,29,41)/t13?,14-,15?,19-,20-,21-,22-,23?,24?,26-/m1/s1. The molecular formula is C26H42N5O18P. The number of aldehydes is 1. The van der Waals surface area contributed by atoms with Crippen LogP contribution in [0.25, 0.3) is 0 Å². The number of methoxy groups -OCH3 is 1. The molecule has 2 fully saturated rings. The van der Waals surface area contributed by atoms with Gasteiger partial charge in [-0.05, 0) is 6.07 Å². The van der Waals surface area contributed by atoms with Crippen LogP contribution in [-0.2, 0) is 46.9 Å². The number of carbonyl (C=O) groups is 3. The molecule has 284 valence electrons. The van der Waals surface area contributed by atoms with E-state index in [0.717, 1.165) is 10.8 Å². The van der Waals surface area contributed by atoms with E-state index in [2.05, 4.69) is 15.6 Å². The summed E-state index contributed by atoms with van der Waals surface area (Å²) in [5.41, 5.74) is 4.50. The molecule has 11 N–H and O–H groups in total. The third kappa shape index (κ3) is 11.0. The molecule has 2 amide bonds. The number of nitrogen functional groups attached to an aromatic ring is 1. The first kappa shape index (κ1) is 41.4. The number of hydrogen-bond donors (Lipinski definition) is 10. The molecule has 0 bridgehead atoms. The monoisotopic (exact) mass is 743 g/mol. The summed E-state index contributed by atoms with van der Waals surface area (Å²) in [5, 5.41) is 66.5. The van der Waals surface area contributed by atoms with Gasteiger partial charge in [0.15, 0.2) is 12.5 Å². The molecule has 2 aliphatic heterocycles. The van der Waals surface area contributed by atoms with Crippen molar-refractivity contribution in [3.63, 3.8) is 0 Å². The van der Waals surface area contributed by atoms with Gasteiger partial charge in [-0.2, -0.15) is 4.98 Å². The van der Waals surface area contributed by atoms with Crippen molar-refractivity contribution in [3.05, 3.63) is 22.7 Å². The number of phosphoric ester groups is 1. The highest BCUT2D eigenvalue weighted by atomic mass is 31.2. The third-order valence-corrected chi connectivity index (χ3v) is 8.49. The molecule has 1 aromatic rings. The molecule has 0 aromatic carbocycles. The molecule has 2 aliphatic rings. The average molecular weight is 744 g/mol. The summed E-state index contributed by atoms with van der Waals surface area (Å²) in [6.45, 7) is -1.28. The summed E-state index contributed by atoms with van der Waals surface area (Å²) in [6.07, 6.45) is -15.5. The Balaban J connectivity index is 1.67. The number of aliphatic hydroxyl groups is 6. The number of aliphatic hydroxyl groups excluding tert-OH is 6. The minimum Gasteiger partial charge on any atom is -0.394 e. The minimum absolute atomic E-state index is 0.0462. The van der Waals surface area contributed by atoms with Crippen molar-refractivity contribution in [2.24, 2.45) is 0 Å². The summed E-state index contributed by atoms with van der Waals surface area (Å²) in [6, 6.07) is -0.465. The van der Waals surface area contributed by atoms with Gasteiger partial charge >= 0.3 is 13.5 Å². The molecule has 23 nitrogen and oxygen atoms in total. The van der Waals surface area contributed by atoms with Gasteiger partial charge in [0.1, 0.15) is 48.9 Å². The van der Waals surface area contributed by atoms with Gasteiger partial charge in [0.2, 0.25) is 17.6 Å². The molecule has 2 saturated heterocycles. The van der Waals surface area contributed by atoms with Crippen LogP contribution >= 0.6 is 7.82 Å². The molecule has 5 unspecified atom stereocenters. The number of nitrogens with zero attached hydrogens (tertiary/aromatic N) is 2. The first-order valence-electron chi connectivity index (χ1n) is 15.0. The number of carbonyl (C=O) groups excluding carboxylic acids is 3. The van der Waals surface area contributed by atoms with Crippen molar-refractivity contribution < 1.29 is 82.5 Å². The maximum Gasteiger partial charge on any atom is 0.475 e. The highest BCUT2D eigenvalue weighted by Crippen LogP contribution is 2.50. The molecule has 11 atom stereocenters. The SMILES string of the molecule is COCCOCCNC(=O)CC(=O)N[C@@H]1C(O)C[C@](C=O)(OP(=O)(O)OCC2OC(n3ccc(N)nc3=O)[C@H](O)[C@@H]2O)OC1[C@H](O)[C@H](O)CO. The zero-order valence-electron chi connectivity index (χ0n) is 26.6. The Morgan fingerprint density at radius 2 is 1.94 bits per heavy atom. The maximum absolute atomic E-state index is 13.0. The van der Waals surface area contributed by atoms with Gasteiger partial charge in [-0.3, -0.25) is 23.5 Å². The number of nitrogens with one attached hydrogen (secondary N) is 2. The Labute approximate surface area is 283 Å². The molecule has 0 aliphatic carbocycles. The van der Waals surface area contributed by atoms with Crippen LogP contribution in [0.1, 0.15) is 19.1 Å². The van der Waals surface area contributed by atoms with Gasteiger partial charge in [-0.15, -0.1) is 0 Å². The summed E-state index contributed by atoms with van der Waals surface area (Å²) in [5.74, 6) is -4.78. The van der Waals surface area contributed by atoms with E-state index in [9.17, 15) is 59.3 Å². The fourth-order valence-corrected chi connectivity index (χ4v) is 5.93. The lowest BCUT2D eigenvalue weighted by atomic mass is 9.89. The van der Waals surface area contributed by atoms with Crippen LogP contribution in [0.5, 0.6) is 0 Å². The number of amides is 2. The second-order valence-corrected chi connectivity index (χ2v) is 12.6. The average Bonchev–Trinajstić information content (AvgIpc) is 3.34. The quantitative estimate of drug-likeness (QED) is 0.0273. The second-order valence-electron chi connectivity index (χ2n) is 11.2. The van der Waals surface area contributed by atoms with Crippen LogP contribution in [0, 0.1) is 0 Å². The largest absolute Gasteiger partial charge is 0.475 e. The van der Waals surface area contributed by atoms with Crippen molar-refractivity contribution in [2.45, 2.75) is 73.6 Å². The van der Waals surface area contributed by atoms with Gasteiger partial charge in [-0.25, -0.2) is 13.9 Å². The second kappa shape index (κ2) is 18.5. The molecular weight excluding hydrogens is 701 g/mol. The third-order valence-electron chi connectivity index (χ3n) is 7.48. The normalized spacial score (nSPS) is 30.6. The van der Waals surface area contributed by atoms with Gasteiger partial charge in [0, 0.05) is 26.3 Å². The Hall–Kier alpha value is -3.00. The van der Waals surface area contributed by atoms with Crippen molar-refractivity contribution in [1.29, 1.82) is 0 Å². The first-order valence-corrected chi connectivity index (χ1v) is 16.5. The van der Waals surface area contributed by atoms with Crippen molar-refractivity contribution in [1.82, 2.24) is 20.2 Å². The molecule has 0 radical (unpaired) electrons. The predicted molar refractivity (Wildman–Crippen MR) is 161 cm³/mol. The van der Waals surface area contributed by atoms with Crippen LogP contribution < -0.4 is 22.1 Å². The van der Waals surface area contributed by atoms with Gasteiger partial charge < -0.3 is 70.8 Å². The summed E-state index contributed by atoms with van der Waals surface area (Å²) >= 11 is 0. The Kier molecular flexibility index (Phi) is 15.3. The highest BCUT2D eigenvalue weighted by Gasteiger charge is 2.55. The predicted octanol–water partition coefficient (Wildman–Crippen LogP) is -6.01. The van der Waals surface area contributed by atoms with E-state index in [-0.39, 0.29) is 31.9 Å². The lowest BCUT2D eigenvalue weighted by Crippen LogP contribution is -2.66. The van der Waals surface area contributed by atoms with E-state index in [4.69, 9.17) is 33.7 Å². The van der Waals surface area contributed by atoms with Crippen molar-refractivity contribution >= 4 is 31.7 Å². The molecule has 1 aromatic heterocycles. The molecule has 3 rings (SSSR count). The van der Waals surface area contributed by atoms with Gasteiger partial charge in [0.25, 0.3) is 0 Å². The van der Waals surface area contributed by atoms with E-state index in [0.29, 0.717) is 6.61 Å². The van der Waals surface area contributed by atoms with E-state index in [1.807, 2.05) is 0 Å². The molecule has 0 saturated carbocycles. The summed E-state index contributed by atoms with van der Waals surface area (Å²) in [4.78, 5) is 63.2. The van der Waals surface area contributed by atoms with Gasteiger partial charge in [0.05, 0.1) is 45.2 Å². The van der Waals surface area contributed by atoms with Gasteiger partial charge in [-0.1, -0.05) is 0 Å². The van der Waals surface area contributed by atoms with E-state index in [1.54, 1.807) is 0 Å². The van der Waals surface area contributed by atoms with E-state index in [1.165, 1.54) is 13.2 Å². The smallest absolute Gasteiger partial charge is 0.394 e. The zero-order chi connectivity index (χ0) is 37.2. The van der Waals surface area contributed by atoms with Crippen LogP contribution in [0.3, 0.4) is 0 Å². The molecule has 0 spiro atoms.